The number of hydrogen-bond acceptors (Lipinski definition) is 3. The van der Waals surface area contributed by atoms with Crippen molar-refractivity contribution in [3.05, 3.63) is 47.7 Å². The van der Waals surface area contributed by atoms with Gasteiger partial charge in [-0.25, -0.2) is 4.79 Å². The van der Waals surface area contributed by atoms with Crippen molar-refractivity contribution >= 4 is 11.9 Å². The molecule has 0 aliphatic carbocycles. The van der Waals surface area contributed by atoms with Gasteiger partial charge in [-0.2, -0.15) is 0 Å². The van der Waals surface area contributed by atoms with Gasteiger partial charge in [-0.3, -0.25) is 4.79 Å². The van der Waals surface area contributed by atoms with Crippen molar-refractivity contribution in [2.45, 2.75) is 13.8 Å². The molecule has 0 saturated carbocycles. The number of hydrogen-bond donors (Lipinski definition) is 1. The summed E-state index contributed by atoms with van der Waals surface area (Å²) in [7, 11) is 1.28. The number of amides is 1. The summed E-state index contributed by atoms with van der Waals surface area (Å²) in [5.41, 5.74) is 0.664. The van der Waals surface area contributed by atoms with E-state index in [1.165, 1.54) is 7.11 Å². The zero-order chi connectivity index (χ0) is 13.5. The molecule has 18 heavy (non-hydrogen) atoms. The van der Waals surface area contributed by atoms with Crippen molar-refractivity contribution in [2.75, 3.05) is 7.11 Å². The first-order valence-corrected chi connectivity index (χ1v) is 5.71. The fourth-order valence-corrected chi connectivity index (χ4v) is 1.39. The zero-order valence-corrected chi connectivity index (χ0v) is 10.8. The fourth-order valence-electron chi connectivity index (χ4n) is 1.39. The van der Waals surface area contributed by atoms with Crippen LogP contribution in [-0.4, -0.2) is 19.0 Å². The van der Waals surface area contributed by atoms with Gasteiger partial charge in [-0.1, -0.05) is 38.1 Å². The molecule has 0 unspecified atom stereocenters. The number of benzene rings is 1. The Morgan fingerprint density at radius 1 is 1.22 bits per heavy atom. The van der Waals surface area contributed by atoms with Crippen LogP contribution in [0.5, 0.6) is 0 Å². The van der Waals surface area contributed by atoms with E-state index in [1.54, 1.807) is 30.3 Å². The number of rotatable bonds is 4. The summed E-state index contributed by atoms with van der Waals surface area (Å²) in [6.45, 7) is 3.83. The first-order chi connectivity index (χ1) is 8.54. The molecular weight excluding hydrogens is 230 g/mol. The number of nitrogens with one attached hydrogen (secondary N) is 1. The Kier molecular flexibility index (Phi) is 5.11. The molecule has 1 rings (SSSR count). The van der Waals surface area contributed by atoms with Gasteiger partial charge in [-0.15, -0.1) is 0 Å². The summed E-state index contributed by atoms with van der Waals surface area (Å²) in [6.07, 6.45) is 1.66. The van der Waals surface area contributed by atoms with E-state index in [1.807, 2.05) is 19.9 Å². The van der Waals surface area contributed by atoms with Crippen LogP contribution in [0.4, 0.5) is 0 Å². The van der Waals surface area contributed by atoms with E-state index in [0.29, 0.717) is 5.56 Å². The lowest BCUT2D eigenvalue weighted by molar-refractivity contribution is -0.136. The number of allylic oxidation sites excluding steroid dienone is 1. The monoisotopic (exact) mass is 247 g/mol. The molecule has 0 fully saturated rings. The normalized spacial score (nSPS) is 11.2. The molecule has 4 heteroatoms. The lowest BCUT2D eigenvalue weighted by atomic mass is 10.1. The number of carbonyl (C=O) groups is 2. The van der Waals surface area contributed by atoms with E-state index in [0.717, 1.165) is 0 Å². The highest BCUT2D eigenvalue weighted by atomic mass is 16.5. The van der Waals surface area contributed by atoms with Crippen LogP contribution in [-0.2, 0) is 9.53 Å². The summed E-state index contributed by atoms with van der Waals surface area (Å²) < 4.78 is 4.63. The van der Waals surface area contributed by atoms with Gasteiger partial charge in [0.2, 0.25) is 0 Å². The summed E-state index contributed by atoms with van der Waals surface area (Å²) in [6, 6.07) is 8.71. The third kappa shape index (κ3) is 4.05. The van der Waals surface area contributed by atoms with Gasteiger partial charge in [0.15, 0.2) is 0 Å². The maximum Gasteiger partial charge on any atom is 0.354 e. The minimum atomic E-state index is -0.548. The summed E-state index contributed by atoms with van der Waals surface area (Å²) >= 11 is 0. The molecule has 96 valence electrons. The van der Waals surface area contributed by atoms with E-state index in [4.69, 9.17) is 0 Å². The summed E-state index contributed by atoms with van der Waals surface area (Å²) in [4.78, 5) is 23.4. The third-order valence-corrected chi connectivity index (χ3v) is 2.19. The summed E-state index contributed by atoms with van der Waals surface area (Å²) in [5.74, 6) is -0.740. The Hall–Kier alpha value is -2.10. The molecule has 1 N–H and O–H groups in total. The van der Waals surface area contributed by atoms with E-state index in [-0.39, 0.29) is 17.5 Å². The molecule has 1 aromatic carbocycles. The molecule has 0 bridgehead atoms. The topological polar surface area (TPSA) is 55.4 Å². The molecule has 0 aliphatic rings. The molecule has 0 spiro atoms. The Morgan fingerprint density at radius 3 is 2.33 bits per heavy atom. The van der Waals surface area contributed by atoms with Crippen molar-refractivity contribution in [3.8, 4) is 0 Å². The molecule has 0 saturated heterocycles. The van der Waals surface area contributed by atoms with E-state index >= 15 is 0 Å². The highest BCUT2D eigenvalue weighted by Crippen LogP contribution is 2.04. The average Bonchev–Trinajstić information content (AvgIpc) is 2.37. The maximum atomic E-state index is 11.9. The quantitative estimate of drug-likeness (QED) is 0.655. The Morgan fingerprint density at radius 2 is 1.83 bits per heavy atom. The molecule has 0 heterocycles. The van der Waals surface area contributed by atoms with E-state index < -0.39 is 5.97 Å². The highest BCUT2D eigenvalue weighted by molar-refractivity contribution is 6.01. The average molecular weight is 247 g/mol. The Bertz CT molecular complexity index is 449. The number of carbonyl (C=O) groups excluding carboxylic acids is 2. The van der Waals surface area contributed by atoms with Crippen molar-refractivity contribution in [1.82, 2.24) is 5.32 Å². The lowest BCUT2D eigenvalue weighted by Crippen LogP contribution is -2.28. The number of esters is 1. The van der Waals surface area contributed by atoms with Crippen LogP contribution in [0.2, 0.25) is 0 Å². The largest absolute Gasteiger partial charge is 0.464 e. The van der Waals surface area contributed by atoms with Crippen molar-refractivity contribution in [1.29, 1.82) is 0 Å². The SMILES string of the molecule is COC(=O)/C(=C/C(C)C)NC(=O)c1ccccc1. The predicted molar refractivity (Wildman–Crippen MR) is 68.8 cm³/mol. The van der Waals surface area contributed by atoms with Crippen LogP contribution >= 0.6 is 0 Å². The van der Waals surface area contributed by atoms with Crippen molar-refractivity contribution in [2.24, 2.45) is 5.92 Å². The minimum absolute atomic E-state index is 0.134. The number of ether oxygens (including phenoxy) is 1. The Labute approximate surface area is 107 Å². The van der Waals surface area contributed by atoms with Gasteiger partial charge in [0.05, 0.1) is 7.11 Å². The molecule has 1 aromatic rings. The second-order valence-electron chi connectivity index (χ2n) is 4.14. The standard InChI is InChI=1S/C14H17NO3/c1-10(2)9-12(14(17)18-3)15-13(16)11-7-5-4-6-8-11/h4-10H,1-3H3,(H,15,16)/b12-9-. The van der Waals surface area contributed by atoms with Crippen LogP contribution in [0.3, 0.4) is 0 Å². The first-order valence-electron chi connectivity index (χ1n) is 5.71. The lowest BCUT2D eigenvalue weighted by Gasteiger charge is -2.09. The molecule has 0 atom stereocenters. The van der Waals surface area contributed by atoms with Crippen LogP contribution in [0.15, 0.2) is 42.1 Å². The third-order valence-electron chi connectivity index (χ3n) is 2.19. The molecule has 1 amide bonds. The maximum absolute atomic E-state index is 11.9. The zero-order valence-electron chi connectivity index (χ0n) is 10.8. The molecule has 0 radical (unpaired) electrons. The van der Waals surface area contributed by atoms with Gasteiger partial charge in [0.25, 0.3) is 5.91 Å². The second kappa shape index (κ2) is 6.59. The van der Waals surface area contributed by atoms with E-state index in [2.05, 4.69) is 10.1 Å². The first kappa shape index (κ1) is 14.0. The molecule has 4 nitrogen and oxygen atoms in total. The van der Waals surface area contributed by atoms with Gasteiger partial charge in [0.1, 0.15) is 5.70 Å². The highest BCUT2D eigenvalue weighted by Gasteiger charge is 2.14. The van der Waals surface area contributed by atoms with Gasteiger partial charge in [0, 0.05) is 5.56 Å². The van der Waals surface area contributed by atoms with Crippen molar-refractivity contribution in [3.63, 3.8) is 0 Å². The fraction of sp³-hybridized carbons (Fsp3) is 0.286. The van der Waals surface area contributed by atoms with Crippen LogP contribution in [0.1, 0.15) is 24.2 Å². The van der Waals surface area contributed by atoms with Crippen LogP contribution in [0.25, 0.3) is 0 Å². The van der Waals surface area contributed by atoms with E-state index in [9.17, 15) is 9.59 Å². The smallest absolute Gasteiger partial charge is 0.354 e. The van der Waals surface area contributed by atoms with Gasteiger partial charge >= 0.3 is 5.97 Å². The Balaban J connectivity index is 2.85. The van der Waals surface area contributed by atoms with Crippen LogP contribution < -0.4 is 5.32 Å². The molecule has 0 aromatic heterocycles. The molecule has 0 aliphatic heterocycles. The van der Waals surface area contributed by atoms with Crippen molar-refractivity contribution < 1.29 is 14.3 Å². The van der Waals surface area contributed by atoms with Crippen LogP contribution in [0, 0.1) is 5.92 Å². The summed E-state index contributed by atoms with van der Waals surface area (Å²) in [5, 5.41) is 2.56. The molecular formula is C14H17NO3. The number of methoxy groups -OCH3 is 1. The second-order valence-corrected chi connectivity index (χ2v) is 4.14. The minimum Gasteiger partial charge on any atom is -0.464 e. The van der Waals surface area contributed by atoms with Gasteiger partial charge in [-0.05, 0) is 18.1 Å². The predicted octanol–water partition coefficient (Wildman–Crippen LogP) is 2.13. The van der Waals surface area contributed by atoms with Gasteiger partial charge < -0.3 is 10.1 Å².